The van der Waals surface area contributed by atoms with Gasteiger partial charge < -0.3 is 5.32 Å². The zero-order valence-corrected chi connectivity index (χ0v) is 15.0. The lowest BCUT2D eigenvalue weighted by Crippen LogP contribution is -2.16. The molecular formula is C18H20INO. The molecule has 21 heavy (non-hydrogen) atoms. The maximum absolute atomic E-state index is 12.6. The molecule has 0 saturated heterocycles. The minimum atomic E-state index is -0.0457. The molecule has 0 aliphatic carbocycles. The van der Waals surface area contributed by atoms with Crippen LogP contribution in [0.25, 0.3) is 0 Å². The van der Waals surface area contributed by atoms with Crippen LogP contribution in [-0.2, 0) is 0 Å². The Hall–Kier alpha value is -1.36. The summed E-state index contributed by atoms with van der Waals surface area (Å²) >= 11 is 2.21. The first kappa shape index (κ1) is 16.0. The number of hydrogen-bond acceptors (Lipinski definition) is 1. The fourth-order valence-corrected chi connectivity index (χ4v) is 3.24. The van der Waals surface area contributed by atoms with Gasteiger partial charge in [0.25, 0.3) is 5.91 Å². The summed E-state index contributed by atoms with van der Waals surface area (Å²) in [6.45, 7) is 8.34. The predicted octanol–water partition coefficient (Wildman–Crippen LogP) is 5.28. The molecule has 0 fully saturated rings. The summed E-state index contributed by atoms with van der Waals surface area (Å²) in [5, 5.41) is 3.09. The lowest BCUT2D eigenvalue weighted by atomic mass is 9.98. The number of aryl methyl sites for hydroxylation is 2. The van der Waals surface area contributed by atoms with Gasteiger partial charge in [0, 0.05) is 9.26 Å². The molecule has 0 spiro atoms. The number of rotatable bonds is 3. The van der Waals surface area contributed by atoms with Gasteiger partial charge in [-0.1, -0.05) is 43.7 Å². The van der Waals surface area contributed by atoms with E-state index in [1.54, 1.807) is 0 Å². The quantitative estimate of drug-likeness (QED) is 0.706. The van der Waals surface area contributed by atoms with E-state index in [1.165, 1.54) is 5.56 Å². The molecule has 0 atom stereocenters. The Morgan fingerprint density at radius 2 is 1.86 bits per heavy atom. The Balaban J connectivity index is 2.36. The Labute approximate surface area is 140 Å². The summed E-state index contributed by atoms with van der Waals surface area (Å²) < 4.78 is 0.977. The highest BCUT2D eigenvalue weighted by Crippen LogP contribution is 2.28. The highest BCUT2D eigenvalue weighted by Gasteiger charge is 2.15. The minimum Gasteiger partial charge on any atom is -0.321 e. The molecule has 0 radical (unpaired) electrons. The van der Waals surface area contributed by atoms with Gasteiger partial charge in [0.1, 0.15) is 0 Å². The third-order valence-corrected chi connectivity index (χ3v) is 4.43. The highest BCUT2D eigenvalue weighted by molar-refractivity contribution is 14.1. The molecule has 0 aliphatic heterocycles. The van der Waals surface area contributed by atoms with Crippen LogP contribution in [0.1, 0.15) is 46.8 Å². The fourth-order valence-electron chi connectivity index (χ4n) is 2.33. The van der Waals surface area contributed by atoms with Crippen LogP contribution in [0.5, 0.6) is 0 Å². The Bertz CT molecular complexity index is 677. The zero-order chi connectivity index (χ0) is 15.6. The van der Waals surface area contributed by atoms with Crippen molar-refractivity contribution in [3.05, 3.63) is 62.2 Å². The Morgan fingerprint density at radius 1 is 1.14 bits per heavy atom. The largest absolute Gasteiger partial charge is 0.321 e. The van der Waals surface area contributed by atoms with Crippen molar-refractivity contribution in [1.82, 2.24) is 0 Å². The van der Waals surface area contributed by atoms with Crippen LogP contribution in [0.3, 0.4) is 0 Å². The number of amides is 1. The van der Waals surface area contributed by atoms with Crippen molar-refractivity contribution in [2.24, 2.45) is 0 Å². The standard InChI is InChI=1S/C18H20INO/c1-11(2)14-7-5-6-13(4)17(14)20-18(21)15-9-8-12(3)10-16(15)19/h5-11H,1-4H3,(H,20,21). The second-order valence-corrected chi connectivity index (χ2v) is 6.79. The van der Waals surface area contributed by atoms with Crippen molar-refractivity contribution in [2.75, 3.05) is 5.32 Å². The highest BCUT2D eigenvalue weighted by atomic mass is 127. The average Bonchev–Trinajstić information content (AvgIpc) is 2.40. The monoisotopic (exact) mass is 393 g/mol. The van der Waals surface area contributed by atoms with Gasteiger partial charge in [-0.25, -0.2) is 0 Å². The zero-order valence-electron chi connectivity index (χ0n) is 12.8. The van der Waals surface area contributed by atoms with Crippen molar-refractivity contribution in [3.63, 3.8) is 0 Å². The summed E-state index contributed by atoms with van der Waals surface area (Å²) in [5.41, 5.74) is 5.09. The molecule has 2 nitrogen and oxygen atoms in total. The maximum Gasteiger partial charge on any atom is 0.256 e. The predicted molar refractivity (Wildman–Crippen MR) is 97.1 cm³/mol. The van der Waals surface area contributed by atoms with Crippen LogP contribution in [0.2, 0.25) is 0 Å². The van der Waals surface area contributed by atoms with Gasteiger partial charge in [-0.3, -0.25) is 4.79 Å². The number of anilines is 1. The molecular weight excluding hydrogens is 373 g/mol. The van der Waals surface area contributed by atoms with Crippen molar-refractivity contribution in [1.29, 1.82) is 0 Å². The second-order valence-electron chi connectivity index (χ2n) is 5.63. The normalized spacial score (nSPS) is 10.8. The molecule has 2 aromatic carbocycles. The molecule has 0 saturated carbocycles. The lowest BCUT2D eigenvalue weighted by molar-refractivity contribution is 0.102. The molecule has 0 heterocycles. The number of nitrogens with one attached hydrogen (secondary N) is 1. The topological polar surface area (TPSA) is 29.1 Å². The minimum absolute atomic E-state index is 0.0457. The van der Waals surface area contributed by atoms with E-state index in [0.717, 1.165) is 25.9 Å². The lowest BCUT2D eigenvalue weighted by Gasteiger charge is -2.17. The van der Waals surface area contributed by atoms with Gasteiger partial charge in [-0.15, -0.1) is 0 Å². The molecule has 0 aromatic heterocycles. The fraction of sp³-hybridized carbons (Fsp3) is 0.278. The third kappa shape index (κ3) is 3.64. The summed E-state index contributed by atoms with van der Waals surface area (Å²) in [6, 6.07) is 12.0. The Kier molecular flexibility index (Phi) is 5.04. The number of halogens is 1. The van der Waals surface area contributed by atoms with Crippen molar-refractivity contribution >= 4 is 34.2 Å². The van der Waals surface area contributed by atoms with E-state index in [0.29, 0.717) is 5.92 Å². The van der Waals surface area contributed by atoms with Crippen LogP contribution < -0.4 is 5.32 Å². The first-order chi connectivity index (χ1) is 9.90. The van der Waals surface area contributed by atoms with E-state index >= 15 is 0 Å². The number of carbonyl (C=O) groups excluding carboxylic acids is 1. The molecule has 1 N–H and O–H groups in total. The first-order valence-corrected chi connectivity index (χ1v) is 8.15. The molecule has 0 aliphatic rings. The summed E-state index contributed by atoms with van der Waals surface area (Å²) in [7, 11) is 0. The van der Waals surface area contributed by atoms with E-state index in [-0.39, 0.29) is 5.91 Å². The molecule has 1 amide bonds. The van der Waals surface area contributed by atoms with E-state index < -0.39 is 0 Å². The van der Waals surface area contributed by atoms with E-state index in [1.807, 2.05) is 44.2 Å². The van der Waals surface area contributed by atoms with E-state index in [4.69, 9.17) is 0 Å². The first-order valence-electron chi connectivity index (χ1n) is 7.07. The molecule has 0 bridgehead atoms. The number of carbonyl (C=O) groups is 1. The smallest absolute Gasteiger partial charge is 0.256 e. The van der Waals surface area contributed by atoms with Crippen LogP contribution in [0.4, 0.5) is 5.69 Å². The van der Waals surface area contributed by atoms with E-state index in [2.05, 4.69) is 47.8 Å². The summed E-state index contributed by atoms with van der Waals surface area (Å²) in [6.07, 6.45) is 0. The molecule has 0 unspecified atom stereocenters. The third-order valence-electron chi connectivity index (χ3n) is 3.53. The van der Waals surface area contributed by atoms with Crippen LogP contribution in [0, 0.1) is 17.4 Å². The number of benzene rings is 2. The molecule has 2 rings (SSSR count). The molecule has 3 heteroatoms. The van der Waals surface area contributed by atoms with Crippen molar-refractivity contribution < 1.29 is 4.79 Å². The van der Waals surface area contributed by atoms with Gasteiger partial charge >= 0.3 is 0 Å². The Morgan fingerprint density at radius 3 is 2.48 bits per heavy atom. The van der Waals surface area contributed by atoms with Crippen LogP contribution in [0.15, 0.2) is 36.4 Å². The van der Waals surface area contributed by atoms with Crippen LogP contribution >= 0.6 is 22.6 Å². The maximum atomic E-state index is 12.6. The molecule has 2 aromatic rings. The number of hydrogen-bond donors (Lipinski definition) is 1. The SMILES string of the molecule is Cc1ccc(C(=O)Nc2c(C)cccc2C(C)C)c(I)c1. The van der Waals surface area contributed by atoms with Gasteiger partial charge in [-0.2, -0.15) is 0 Å². The summed E-state index contributed by atoms with van der Waals surface area (Å²) in [5.74, 6) is 0.327. The van der Waals surface area contributed by atoms with Crippen molar-refractivity contribution in [2.45, 2.75) is 33.6 Å². The molecule has 110 valence electrons. The number of para-hydroxylation sites is 1. The van der Waals surface area contributed by atoms with E-state index in [9.17, 15) is 4.79 Å². The van der Waals surface area contributed by atoms with Gasteiger partial charge in [0.2, 0.25) is 0 Å². The van der Waals surface area contributed by atoms with Crippen LogP contribution in [-0.4, -0.2) is 5.91 Å². The van der Waals surface area contributed by atoms with Gasteiger partial charge in [0.15, 0.2) is 0 Å². The van der Waals surface area contributed by atoms with Gasteiger partial charge in [-0.05, 0) is 65.6 Å². The summed E-state index contributed by atoms with van der Waals surface area (Å²) in [4.78, 5) is 12.6. The van der Waals surface area contributed by atoms with Gasteiger partial charge in [0.05, 0.1) is 5.56 Å². The second kappa shape index (κ2) is 6.60. The van der Waals surface area contributed by atoms with Crippen molar-refractivity contribution in [3.8, 4) is 0 Å². The average molecular weight is 393 g/mol.